The maximum Gasteiger partial charge on any atom is 0.408 e. The lowest BCUT2D eigenvalue weighted by molar-refractivity contribution is 0.0783. The number of alkyl carbamates (subject to hydrolysis) is 1. The number of amides is 1. The Morgan fingerprint density at radius 1 is 1.11 bits per heavy atom. The summed E-state index contributed by atoms with van der Waals surface area (Å²) in [6.45, 7) is 3.58. The largest absolute Gasteiger partial charge is 0.445 e. The van der Waals surface area contributed by atoms with Gasteiger partial charge in [-0.3, -0.25) is 5.10 Å². The van der Waals surface area contributed by atoms with Gasteiger partial charge >= 0.3 is 6.09 Å². The second kappa shape index (κ2) is 10.0. The molecule has 1 atom stereocenters. The monoisotopic (exact) mass is 528 g/mol. The summed E-state index contributed by atoms with van der Waals surface area (Å²) in [5.74, 6) is 0. The lowest BCUT2D eigenvalue weighted by atomic mass is 9.92. The molecule has 0 radical (unpaired) electrons. The molecule has 2 aliphatic rings. The fraction of sp³-hybridized carbons (Fsp3) is 0.367. The summed E-state index contributed by atoms with van der Waals surface area (Å²) in [4.78, 5) is 18.2. The summed E-state index contributed by atoms with van der Waals surface area (Å²) < 4.78 is 5.54. The molecule has 8 heteroatoms. The smallest absolute Gasteiger partial charge is 0.408 e. The molecule has 2 aromatic carbocycles. The van der Waals surface area contributed by atoms with Crippen LogP contribution in [0.1, 0.15) is 76.1 Å². The number of hydrogen-bond acceptors (Lipinski definition) is 6. The van der Waals surface area contributed by atoms with E-state index in [4.69, 9.17) is 9.84 Å². The van der Waals surface area contributed by atoms with Gasteiger partial charge in [-0.1, -0.05) is 36.4 Å². The van der Waals surface area contributed by atoms with Gasteiger partial charge < -0.3 is 15.2 Å². The number of aryl methyl sites for hydroxylation is 2. The van der Waals surface area contributed by atoms with Crippen molar-refractivity contribution < 1.29 is 14.6 Å². The molecule has 1 amide bonds. The zero-order chi connectivity index (χ0) is 26.3. The lowest BCUT2D eigenvalue weighted by Crippen LogP contribution is -2.29. The number of carbonyl (C=O) groups excluding carboxylic acids is 1. The van der Waals surface area contributed by atoms with Crippen molar-refractivity contribution in [2.24, 2.45) is 0 Å². The number of fused-ring (bicyclic) bond motifs is 2. The zero-order valence-electron chi connectivity index (χ0n) is 21.7. The Morgan fingerprint density at radius 3 is 2.47 bits per heavy atom. The van der Waals surface area contributed by atoms with Gasteiger partial charge in [-0.25, -0.2) is 9.78 Å². The highest BCUT2D eigenvalue weighted by Crippen LogP contribution is 2.41. The second-order valence-corrected chi connectivity index (χ2v) is 11.8. The first-order chi connectivity index (χ1) is 18.4. The summed E-state index contributed by atoms with van der Waals surface area (Å²) in [5.41, 5.74) is 8.57. The minimum atomic E-state index is -1.08. The average molecular weight is 529 g/mol. The molecule has 7 nitrogen and oxygen atoms in total. The Morgan fingerprint density at radius 2 is 1.82 bits per heavy atom. The van der Waals surface area contributed by atoms with Crippen LogP contribution in [0.4, 0.5) is 4.79 Å². The number of nitrogens with zero attached hydrogens (tertiary/aromatic N) is 2. The molecule has 1 unspecified atom stereocenters. The highest BCUT2D eigenvalue weighted by molar-refractivity contribution is 7.11. The van der Waals surface area contributed by atoms with Crippen LogP contribution in [-0.2, 0) is 42.6 Å². The van der Waals surface area contributed by atoms with Gasteiger partial charge in [0.05, 0.1) is 16.3 Å². The van der Waals surface area contributed by atoms with Gasteiger partial charge in [-0.15, -0.1) is 11.3 Å². The van der Waals surface area contributed by atoms with E-state index in [9.17, 15) is 9.90 Å². The van der Waals surface area contributed by atoms with Crippen LogP contribution in [0.2, 0.25) is 0 Å². The summed E-state index contributed by atoms with van der Waals surface area (Å²) in [7, 11) is 0. The van der Waals surface area contributed by atoms with Crippen LogP contribution >= 0.6 is 11.3 Å². The molecule has 0 spiro atoms. The number of H-pyrrole nitrogens is 1. The molecule has 4 aromatic rings. The third-order valence-corrected chi connectivity index (χ3v) is 8.82. The van der Waals surface area contributed by atoms with Crippen molar-refractivity contribution in [3.8, 4) is 11.3 Å². The van der Waals surface area contributed by atoms with Gasteiger partial charge in [-0.2, -0.15) is 5.10 Å². The number of hydrogen-bond donors (Lipinski definition) is 3. The maximum absolute atomic E-state index is 12.9. The Labute approximate surface area is 226 Å². The second-order valence-electron chi connectivity index (χ2n) is 10.7. The quantitative estimate of drug-likeness (QED) is 0.283. The van der Waals surface area contributed by atoms with Crippen molar-refractivity contribution in [3.05, 3.63) is 92.1 Å². The van der Waals surface area contributed by atoms with Crippen molar-refractivity contribution in [3.63, 3.8) is 0 Å². The van der Waals surface area contributed by atoms with E-state index in [1.807, 2.05) is 30.3 Å². The van der Waals surface area contributed by atoms with Crippen molar-refractivity contribution in [2.75, 3.05) is 0 Å². The number of aromatic amines is 1. The van der Waals surface area contributed by atoms with Crippen LogP contribution in [0, 0.1) is 0 Å². The molecule has 0 saturated heterocycles. The number of aromatic nitrogens is 3. The fourth-order valence-electron chi connectivity index (χ4n) is 5.63. The van der Waals surface area contributed by atoms with Crippen LogP contribution in [0.25, 0.3) is 11.3 Å². The third kappa shape index (κ3) is 4.86. The first kappa shape index (κ1) is 24.8. The Bertz CT molecular complexity index is 1440. The molecule has 0 bridgehead atoms. The minimum Gasteiger partial charge on any atom is -0.445 e. The predicted octanol–water partition coefficient (Wildman–Crippen LogP) is 5.75. The molecule has 38 heavy (non-hydrogen) atoms. The van der Waals surface area contributed by atoms with Gasteiger partial charge in [0.1, 0.15) is 23.3 Å². The van der Waals surface area contributed by atoms with Crippen LogP contribution in [-0.4, -0.2) is 26.4 Å². The standard InChI is InChI=1S/C30H32N4O3S/c1-30(2,36)28-31-16-25(38-28)27(32-29(35)37-17-18-8-4-3-5-9-18)24-15-23(33-34-24)26-21-12-6-10-19(21)14-20-11-7-13-22(20)26/h3-5,8-9,14-16,27,36H,6-7,10-13,17H2,1-2H3,(H,32,35)(H,33,34). The van der Waals surface area contributed by atoms with Crippen molar-refractivity contribution in [2.45, 2.75) is 70.6 Å². The summed E-state index contributed by atoms with van der Waals surface area (Å²) in [6.07, 6.45) is 7.96. The van der Waals surface area contributed by atoms with Gasteiger partial charge in [0, 0.05) is 11.8 Å². The Kier molecular flexibility index (Phi) is 6.53. The number of ether oxygens (including phenoxy) is 1. The highest BCUT2D eigenvalue weighted by Gasteiger charge is 2.29. The summed E-state index contributed by atoms with van der Waals surface area (Å²) in [6, 6.07) is 13.5. The van der Waals surface area contributed by atoms with E-state index in [0.717, 1.165) is 47.5 Å². The van der Waals surface area contributed by atoms with E-state index in [1.54, 1.807) is 20.0 Å². The summed E-state index contributed by atoms with van der Waals surface area (Å²) >= 11 is 1.37. The minimum absolute atomic E-state index is 0.174. The van der Waals surface area contributed by atoms with Gasteiger partial charge in [0.2, 0.25) is 0 Å². The molecule has 0 saturated carbocycles. The molecule has 0 fully saturated rings. The zero-order valence-corrected chi connectivity index (χ0v) is 22.5. The van der Waals surface area contributed by atoms with Crippen LogP contribution in [0.3, 0.4) is 0 Å². The van der Waals surface area contributed by atoms with Gasteiger partial charge in [0.15, 0.2) is 0 Å². The van der Waals surface area contributed by atoms with E-state index >= 15 is 0 Å². The number of carbonyl (C=O) groups is 1. The predicted molar refractivity (Wildman–Crippen MR) is 147 cm³/mol. The number of thiazole rings is 1. The Hall–Kier alpha value is -3.49. The first-order valence-corrected chi connectivity index (χ1v) is 14.1. The number of rotatable bonds is 7. The van der Waals surface area contributed by atoms with E-state index < -0.39 is 17.7 Å². The van der Waals surface area contributed by atoms with E-state index in [-0.39, 0.29) is 6.61 Å². The average Bonchev–Trinajstić information content (AvgIpc) is 3.71. The maximum atomic E-state index is 12.9. The summed E-state index contributed by atoms with van der Waals surface area (Å²) in [5, 5.41) is 22.1. The van der Waals surface area contributed by atoms with E-state index in [0.29, 0.717) is 5.01 Å². The normalized spacial score (nSPS) is 15.2. The number of benzene rings is 2. The first-order valence-electron chi connectivity index (χ1n) is 13.2. The number of nitrogens with one attached hydrogen (secondary N) is 2. The van der Waals surface area contributed by atoms with Crippen molar-refractivity contribution in [1.82, 2.24) is 20.5 Å². The molecule has 6 rings (SSSR count). The molecule has 2 heterocycles. The number of aliphatic hydroxyl groups is 1. The van der Waals surface area contributed by atoms with Gasteiger partial charge in [0.25, 0.3) is 0 Å². The molecule has 3 N–H and O–H groups in total. The van der Waals surface area contributed by atoms with Crippen molar-refractivity contribution >= 4 is 17.4 Å². The van der Waals surface area contributed by atoms with Crippen LogP contribution in [0.15, 0.2) is 48.7 Å². The molecular formula is C30H32N4O3S. The molecule has 2 aromatic heterocycles. The van der Waals surface area contributed by atoms with E-state index in [2.05, 4.69) is 27.5 Å². The fourth-order valence-corrected chi connectivity index (χ4v) is 6.61. The lowest BCUT2D eigenvalue weighted by Gasteiger charge is -2.16. The van der Waals surface area contributed by atoms with E-state index in [1.165, 1.54) is 52.0 Å². The molecular weight excluding hydrogens is 496 g/mol. The highest BCUT2D eigenvalue weighted by atomic mass is 32.1. The van der Waals surface area contributed by atoms with Crippen molar-refractivity contribution in [1.29, 1.82) is 0 Å². The van der Waals surface area contributed by atoms with Crippen LogP contribution < -0.4 is 5.32 Å². The SMILES string of the molecule is CC(C)(O)c1ncc(C(NC(=O)OCc2ccccc2)c2cc(-c3c4c(cc5c3CCC5)CCC4)n[nH]2)s1. The molecule has 196 valence electrons. The topological polar surface area (TPSA) is 100 Å². The third-order valence-electron chi connectivity index (χ3n) is 7.44. The Balaban J connectivity index is 1.33. The van der Waals surface area contributed by atoms with Crippen LogP contribution in [0.5, 0.6) is 0 Å². The molecule has 2 aliphatic carbocycles. The van der Waals surface area contributed by atoms with Gasteiger partial charge in [-0.05, 0) is 86.3 Å². The molecule has 0 aliphatic heterocycles.